The second kappa shape index (κ2) is 8.31. The van der Waals surface area contributed by atoms with E-state index in [1.165, 1.54) is 0 Å². The van der Waals surface area contributed by atoms with Crippen LogP contribution in [0, 0.1) is 13.8 Å². The van der Waals surface area contributed by atoms with Gasteiger partial charge >= 0.3 is 0 Å². The zero-order chi connectivity index (χ0) is 19.2. The zero-order valence-corrected chi connectivity index (χ0v) is 15.6. The number of hydrogen-bond acceptors (Lipinski definition) is 5. The van der Waals surface area contributed by atoms with E-state index in [-0.39, 0.29) is 5.91 Å². The average molecular weight is 362 g/mol. The van der Waals surface area contributed by atoms with Crippen molar-refractivity contribution in [2.45, 2.75) is 20.4 Å². The summed E-state index contributed by atoms with van der Waals surface area (Å²) in [5, 5.41) is 6.04. The predicted octanol–water partition coefficient (Wildman–Crippen LogP) is 3.97. The van der Waals surface area contributed by atoms with Crippen LogP contribution in [-0.2, 0) is 6.54 Å². The van der Waals surface area contributed by atoms with Gasteiger partial charge in [0.05, 0.1) is 7.11 Å². The molecule has 1 heterocycles. The third-order valence-corrected chi connectivity index (χ3v) is 4.16. The number of aryl methyl sites for hydroxylation is 2. The summed E-state index contributed by atoms with van der Waals surface area (Å²) in [5.74, 6) is 0.898. The number of benzene rings is 2. The summed E-state index contributed by atoms with van der Waals surface area (Å²) in [5.41, 5.74) is 4.14. The number of aromatic nitrogens is 2. The second-order valence-electron chi connectivity index (χ2n) is 6.20. The van der Waals surface area contributed by atoms with Crippen LogP contribution in [0.25, 0.3) is 0 Å². The molecule has 0 saturated heterocycles. The lowest BCUT2D eigenvalue weighted by atomic mass is 10.1. The lowest BCUT2D eigenvalue weighted by Crippen LogP contribution is -2.16. The molecule has 0 atom stereocenters. The van der Waals surface area contributed by atoms with E-state index < -0.39 is 0 Å². The van der Waals surface area contributed by atoms with Crippen molar-refractivity contribution in [1.82, 2.24) is 9.97 Å². The minimum Gasteiger partial charge on any atom is -0.496 e. The molecular weight excluding hydrogens is 340 g/mol. The van der Waals surface area contributed by atoms with Crippen LogP contribution < -0.4 is 15.4 Å². The molecule has 0 fully saturated rings. The minimum atomic E-state index is -0.272. The number of nitrogens with zero attached hydrogens (tertiary/aromatic N) is 2. The van der Waals surface area contributed by atoms with E-state index in [1.807, 2.05) is 56.3 Å². The molecular formula is C21H22N4O2. The van der Waals surface area contributed by atoms with Gasteiger partial charge in [-0.05, 0) is 43.2 Å². The standard InChI is InChI=1S/C21H22N4O2/c1-14-8-9-15(2)18(12-14)24-20(26)17-10-11-22-21(25-17)23-13-16-6-4-5-7-19(16)27-3/h4-12H,13H2,1-3H3,(H,24,26)(H,22,23,25). The van der Waals surface area contributed by atoms with Crippen molar-refractivity contribution in [3.05, 3.63) is 77.1 Å². The number of methoxy groups -OCH3 is 1. The highest BCUT2D eigenvalue weighted by atomic mass is 16.5. The normalized spacial score (nSPS) is 10.3. The monoisotopic (exact) mass is 362 g/mol. The zero-order valence-electron chi connectivity index (χ0n) is 15.6. The van der Waals surface area contributed by atoms with E-state index in [0.717, 1.165) is 28.1 Å². The number of rotatable bonds is 6. The average Bonchev–Trinajstić information content (AvgIpc) is 2.69. The Balaban J connectivity index is 1.71. The van der Waals surface area contributed by atoms with E-state index in [2.05, 4.69) is 20.6 Å². The summed E-state index contributed by atoms with van der Waals surface area (Å²) < 4.78 is 5.34. The van der Waals surface area contributed by atoms with Gasteiger partial charge in [0.1, 0.15) is 11.4 Å². The number of anilines is 2. The maximum Gasteiger partial charge on any atom is 0.274 e. The van der Waals surface area contributed by atoms with Gasteiger partial charge in [0.25, 0.3) is 5.91 Å². The van der Waals surface area contributed by atoms with Gasteiger partial charge in [-0.25, -0.2) is 9.97 Å². The Morgan fingerprint density at radius 1 is 1.11 bits per heavy atom. The molecule has 0 aliphatic rings. The molecule has 2 aromatic carbocycles. The summed E-state index contributed by atoms with van der Waals surface area (Å²) in [6.07, 6.45) is 1.57. The topological polar surface area (TPSA) is 76.1 Å². The van der Waals surface area contributed by atoms with Crippen LogP contribution in [0.4, 0.5) is 11.6 Å². The van der Waals surface area contributed by atoms with Crippen molar-refractivity contribution >= 4 is 17.5 Å². The Bertz CT molecular complexity index is 956. The van der Waals surface area contributed by atoms with E-state index in [9.17, 15) is 4.79 Å². The Hall–Kier alpha value is -3.41. The third-order valence-electron chi connectivity index (χ3n) is 4.16. The highest BCUT2D eigenvalue weighted by Gasteiger charge is 2.11. The molecule has 1 amide bonds. The van der Waals surface area contributed by atoms with Crippen molar-refractivity contribution < 1.29 is 9.53 Å². The SMILES string of the molecule is COc1ccccc1CNc1nccc(C(=O)Nc2cc(C)ccc2C)n1. The van der Waals surface area contributed by atoms with Gasteiger partial charge in [0.15, 0.2) is 0 Å². The van der Waals surface area contributed by atoms with E-state index in [4.69, 9.17) is 4.74 Å². The Labute approximate surface area is 158 Å². The van der Waals surface area contributed by atoms with Crippen LogP contribution in [0.15, 0.2) is 54.7 Å². The molecule has 0 radical (unpaired) electrons. The molecule has 0 aliphatic carbocycles. The first kappa shape index (κ1) is 18.4. The smallest absolute Gasteiger partial charge is 0.274 e. The highest BCUT2D eigenvalue weighted by molar-refractivity contribution is 6.03. The van der Waals surface area contributed by atoms with Gasteiger partial charge in [0.2, 0.25) is 5.95 Å². The van der Waals surface area contributed by atoms with Crippen molar-refractivity contribution in [2.75, 3.05) is 17.7 Å². The van der Waals surface area contributed by atoms with Crippen LogP contribution in [0.1, 0.15) is 27.2 Å². The summed E-state index contributed by atoms with van der Waals surface area (Å²) in [6.45, 7) is 4.43. The van der Waals surface area contributed by atoms with Gasteiger partial charge in [-0.2, -0.15) is 0 Å². The molecule has 3 rings (SSSR count). The fourth-order valence-electron chi connectivity index (χ4n) is 2.65. The summed E-state index contributed by atoms with van der Waals surface area (Å²) in [7, 11) is 1.63. The van der Waals surface area contributed by atoms with Gasteiger partial charge < -0.3 is 15.4 Å². The second-order valence-corrected chi connectivity index (χ2v) is 6.20. The van der Waals surface area contributed by atoms with E-state index >= 15 is 0 Å². The molecule has 27 heavy (non-hydrogen) atoms. The Morgan fingerprint density at radius 3 is 2.74 bits per heavy atom. The number of carbonyl (C=O) groups is 1. The van der Waals surface area contributed by atoms with Crippen molar-refractivity contribution in [3.8, 4) is 5.75 Å². The van der Waals surface area contributed by atoms with Crippen LogP contribution in [-0.4, -0.2) is 23.0 Å². The van der Waals surface area contributed by atoms with Crippen LogP contribution in [0.3, 0.4) is 0 Å². The van der Waals surface area contributed by atoms with Crippen molar-refractivity contribution in [3.63, 3.8) is 0 Å². The van der Waals surface area contributed by atoms with E-state index in [1.54, 1.807) is 19.4 Å². The maximum absolute atomic E-state index is 12.6. The van der Waals surface area contributed by atoms with E-state index in [0.29, 0.717) is 18.2 Å². The summed E-state index contributed by atoms with van der Waals surface area (Å²) in [4.78, 5) is 21.1. The molecule has 0 aliphatic heterocycles. The minimum absolute atomic E-state index is 0.272. The number of amides is 1. The van der Waals surface area contributed by atoms with Crippen LogP contribution >= 0.6 is 0 Å². The lowest BCUT2D eigenvalue weighted by molar-refractivity contribution is 0.102. The molecule has 3 aromatic rings. The number of ether oxygens (including phenoxy) is 1. The summed E-state index contributed by atoms with van der Waals surface area (Å²) in [6, 6.07) is 15.2. The van der Waals surface area contributed by atoms with Gasteiger partial charge in [-0.15, -0.1) is 0 Å². The summed E-state index contributed by atoms with van der Waals surface area (Å²) >= 11 is 0. The van der Waals surface area contributed by atoms with Crippen LogP contribution in [0.2, 0.25) is 0 Å². The first-order valence-corrected chi connectivity index (χ1v) is 8.64. The number of para-hydroxylation sites is 1. The number of nitrogens with one attached hydrogen (secondary N) is 2. The largest absolute Gasteiger partial charge is 0.496 e. The number of hydrogen-bond donors (Lipinski definition) is 2. The molecule has 2 N–H and O–H groups in total. The molecule has 1 aromatic heterocycles. The molecule has 6 nitrogen and oxygen atoms in total. The quantitative estimate of drug-likeness (QED) is 0.694. The fraction of sp³-hybridized carbons (Fsp3) is 0.190. The molecule has 0 saturated carbocycles. The Morgan fingerprint density at radius 2 is 1.93 bits per heavy atom. The predicted molar refractivity (Wildman–Crippen MR) is 106 cm³/mol. The molecule has 138 valence electrons. The van der Waals surface area contributed by atoms with Gasteiger partial charge in [-0.3, -0.25) is 4.79 Å². The first-order valence-electron chi connectivity index (χ1n) is 8.64. The third kappa shape index (κ3) is 4.61. The Kier molecular flexibility index (Phi) is 5.66. The molecule has 6 heteroatoms. The van der Waals surface area contributed by atoms with Gasteiger partial charge in [0, 0.05) is 24.0 Å². The van der Waals surface area contributed by atoms with Gasteiger partial charge in [-0.1, -0.05) is 30.3 Å². The molecule has 0 spiro atoms. The number of carbonyl (C=O) groups excluding carboxylic acids is 1. The lowest BCUT2D eigenvalue weighted by Gasteiger charge is -2.11. The van der Waals surface area contributed by atoms with Crippen molar-refractivity contribution in [1.29, 1.82) is 0 Å². The van der Waals surface area contributed by atoms with Crippen LogP contribution in [0.5, 0.6) is 5.75 Å². The maximum atomic E-state index is 12.6. The van der Waals surface area contributed by atoms with Crippen molar-refractivity contribution in [2.24, 2.45) is 0 Å². The molecule has 0 bridgehead atoms. The first-order chi connectivity index (χ1) is 13.1. The highest BCUT2D eigenvalue weighted by Crippen LogP contribution is 2.19. The fourth-order valence-corrected chi connectivity index (χ4v) is 2.65. The molecule has 0 unspecified atom stereocenters.